The van der Waals surface area contributed by atoms with E-state index in [0.29, 0.717) is 6.42 Å². The van der Waals surface area contributed by atoms with Gasteiger partial charge in [0.1, 0.15) is 0 Å². The average molecular weight is 191 g/mol. The minimum Gasteiger partial charge on any atom is -0.398 e. The van der Waals surface area contributed by atoms with Crippen molar-refractivity contribution in [2.24, 2.45) is 0 Å². The maximum Gasteiger partial charge on any atom is 0.0664 e. The minimum absolute atomic E-state index is 0.574. The van der Waals surface area contributed by atoms with Crippen LogP contribution in [0.2, 0.25) is 0 Å². The van der Waals surface area contributed by atoms with Gasteiger partial charge in [0.05, 0.1) is 5.60 Å². The minimum atomic E-state index is -0.574. The molecule has 1 aromatic rings. The molecule has 2 heteroatoms. The van der Waals surface area contributed by atoms with Crippen LogP contribution in [0.15, 0.2) is 12.1 Å². The van der Waals surface area contributed by atoms with Gasteiger partial charge in [0.2, 0.25) is 0 Å². The van der Waals surface area contributed by atoms with Gasteiger partial charge in [-0.1, -0.05) is 6.07 Å². The second kappa shape index (κ2) is 2.99. The Morgan fingerprint density at radius 2 is 2.07 bits per heavy atom. The second-order valence-electron chi connectivity index (χ2n) is 4.60. The quantitative estimate of drug-likeness (QED) is 0.614. The van der Waals surface area contributed by atoms with Crippen LogP contribution >= 0.6 is 0 Å². The fraction of sp³-hybridized carbons (Fsp3) is 0.500. The Labute approximate surface area is 84.7 Å². The molecule has 0 fully saturated rings. The van der Waals surface area contributed by atoms with Gasteiger partial charge in [0.25, 0.3) is 0 Å². The number of fused-ring (bicyclic) bond motifs is 1. The molecule has 0 aliphatic heterocycles. The number of hydrogen-bond acceptors (Lipinski definition) is 2. The topological polar surface area (TPSA) is 46.2 Å². The number of anilines is 1. The lowest BCUT2D eigenvalue weighted by molar-refractivity contribution is 0.0460. The highest BCUT2D eigenvalue weighted by Gasteiger charge is 2.28. The number of rotatable bonds is 0. The molecular weight excluding hydrogens is 174 g/mol. The number of aliphatic hydroxyl groups is 1. The normalized spacial score (nSPS) is 25.9. The maximum absolute atomic E-state index is 9.98. The van der Waals surface area contributed by atoms with E-state index in [0.717, 1.165) is 24.1 Å². The summed E-state index contributed by atoms with van der Waals surface area (Å²) in [6, 6.07) is 4.00. The van der Waals surface area contributed by atoms with Gasteiger partial charge in [-0.15, -0.1) is 0 Å². The highest BCUT2D eigenvalue weighted by atomic mass is 16.3. The van der Waals surface area contributed by atoms with Crippen molar-refractivity contribution in [3.05, 3.63) is 28.8 Å². The van der Waals surface area contributed by atoms with Crippen LogP contribution < -0.4 is 5.73 Å². The molecule has 0 saturated heterocycles. The summed E-state index contributed by atoms with van der Waals surface area (Å²) in [5.74, 6) is 0. The molecule has 76 valence electrons. The lowest BCUT2D eigenvalue weighted by atomic mass is 9.79. The first kappa shape index (κ1) is 9.53. The predicted molar refractivity (Wildman–Crippen MR) is 58.2 cm³/mol. The molecule has 0 saturated carbocycles. The summed E-state index contributed by atoms with van der Waals surface area (Å²) in [6.45, 7) is 4.00. The Morgan fingerprint density at radius 3 is 2.79 bits per heavy atom. The van der Waals surface area contributed by atoms with Crippen LogP contribution in [0, 0.1) is 6.92 Å². The Balaban J connectivity index is 2.51. The standard InChI is InChI=1S/C12H17NO/c1-8-3-4-11(13)10-7-12(2,14)6-5-9(8)10/h3-4,14H,5-7,13H2,1-2H3/t12-/m0/s1. The van der Waals surface area contributed by atoms with Crippen LogP contribution in [0.1, 0.15) is 30.0 Å². The zero-order valence-corrected chi connectivity index (χ0v) is 8.80. The molecule has 1 aromatic carbocycles. The van der Waals surface area contributed by atoms with Crippen LogP contribution in [0.5, 0.6) is 0 Å². The van der Waals surface area contributed by atoms with Gasteiger partial charge in [0.15, 0.2) is 0 Å². The first-order valence-electron chi connectivity index (χ1n) is 5.09. The molecular formula is C12H17NO. The molecule has 14 heavy (non-hydrogen) atoms. The number of aryl methyl sites for hydroxylation is 1. The first-order valence-corrected chi connectivity index (χ1v) is 5.09. The zero-order chi connectivity index (χ0) is 10.3. The van der Waals surface area contributed by atoms with Gasteiger partial charge in [-0.05, 0) is 49.4 Å². The van der Waals surface area contributed by atoms with E-state index in [1.165, 1.54) is 11.1 Å². The van der Waals surface area contributed by atoms with Crippen LogP contribution in [-0.2, 0) is 12.8 Å². The third kappa shape index (κ3) is 1.50. The van der Waals surface area contributed by atoms with Crippen molar-refractivity contribution in [2.75, 3.05) is 5.73 Å². The van der Waals surface area contributed by atoms with Crippen LogP contribution in [0.3, 0.4) is 0 Å². The Kier molecular flexibility index (Phi) is 2.04. The van der Waals surface area contributed by atoms with E-state index in [1.807, 2.05) is 13.0 Å². The summed E-state index contributed by atoms with van der Waals surface area (Å²) in [6.07, 6.45) is 2.47. The highest BCUT2D eigenvalue weighted by Crippen LogP contribution is 2.33. The van der Waals surface area contributed by atoms with Gasteiger partial charge in [0, 0.05) is 12.1 Å². The smallest absolute Gasteiger partial charge is 0.0664 e. The molecule has 0 aromatic heterocycles. The number of nitrogens with two attached hydrogens (primary N) is 1. The molecule has 1 aliphatic rings. The summed E-state index contributed by atoms with van der Waals surface area (Å²) < 4.78 is 0. The van der Waals surface area contributed by atoms with Crippen molar-refractivity contribution >= 4 is 5.69 Å². The number of benzene rings is 1. The zero-order valence-electron chi connectivity index (χ0n) is 8.80. The third-order valence-electron chi connectivity index (χ3n) is 3.17. The van der Waals surface area contributed by atoms with Gasteiger partial charge in [-0.25, -0.2) is 0 Å². The van der Waals surface area contributed by atoms with Crippen LogP contribution in [0.4, 0.5) is 5.69 Å². The first-order chi connectivity index (χ1) is 6.49. The Hall–Kier alpha value is -1.02. The lowest BCUT2D eigenvalue weighted by Crippen LogP contribution is -2.33. The average Bonchev–Trinajstić information content (AvgIpc) is 2.10. The summed E-state index contributed by atoms with van der Waals surface area (Å²) in [5.41, 5.74) is 9.96. The molecule has 2 rings (SSSR count). The van der Waals surface area contributed by atoms with Gasteiger partial charge < -0.3 is 10.8 Å². The fourth-order valence-electron chi connectivity index (χ4n) is 2.25. The molecule has 2 nitrogen and oxygen atoms in total. The fourth-order valence-corrected chi connectivity index (χ4v) is 2.25. The molecule has 0 amide bonds. The van der Waals surface area contributed by atoms with Crippen LogP contribution in [-0.4, -0.2) is 10.7 Å². The van der Waals surface area contributed by atoms with Crippen molar-refractivity contribution in [3.8, 4) is 0 Å². The molecule has 1 atom stereocenters. The molecule has 0 bridgehead atoms. The summed E-state index contributed by atoms with van der Waals surface area (Å²) in [7, 11) is 0. The Morgan fingerprint density at radius 1 is 1.36 bits per heavy atom. The molecule has 3 N–H and O–H groups in total. The van der Waals surface area contributed by atoms with E-state index in [2.05, 4.69) is 13.0 Å². The molecule has 1 aliphatic carbocycles. The van der Waals surface area contributed by atoms with E-state index in [4.69, 9.17) is 5.73 Å². The van der Waals surface area contributed by atoms with Gasteiger partial charge >= 0.3 is 0 Å². The van der Waals surface area contributed by atoms with Crippen molar-refractivity contribution in [1.82, 2.24) is 0 Å². The molecule has 0 unspecified atom stereocenters. The van der Waals surface area contributed by atoms with Crippen molar-refractivity contribution < 1.29 is 5.11 Å². The summed E-state index contributed by atoms with van der Waals surface area (Å²) in [5, 5.41) is 9.98. The van der Waals surface area contributed by atoms with E-state index in [-0.39, 0.29) is 0 Å². The third-order valence-corrected chi connectivity index (χ3v) is 3.17. The Bertz CT molecular complexity index is 369. The monoisotopic (exact) mass is 191 g/mol. The van der Waals surface area contributed by atoms with Crippen molar-refractivity contribution in [2.45, 2.75) is 38.7 Å². The number of hydrogen-bond donors (Lipinski definition) is 2. The molecule has 0 radical (unpaired) electrons. The van der Waals surface area contributed by atoms with E-state index < -0.39 is 5.60 Å². The maximum atomic E-state index is 9.98. The molecule has 0 spiro atoms. The SMILES string of the molecule is Cc1ccc(N)c2c1CC[C@](C)(O)C2. The second-order valence-corrected chi connectivity index (χ2v) is 4.60. The summed E-state index contributed by atoms with van der Waals surface area (Å²) >= 11 is 0. The van der Waals surface area contributed by atoms with Crippen LogP contribution in [0.25, 0.3) is 0 Å². The predicted octanol–water partition coefficient (Wildman–Crippen LogP) is 1.82. The largest absolute Gasteiger partial charge is 0.398 e. The number of nitrogen functional groups attached to an aromatic ring is 1. The lowest BCUT2D eigenvalue weighted by Gasteiger charge is -2.31. The van der Waals surface area contributed by atoms with E-state index >= 15 is 0 Å². The van der Waals surface area contributed by atoms with E-state index in [1.54, 1.807) is 0 Å². The van der Waals surface area contributed by atoms with Gasteiger partial charge in [-0.2, -0.15) is 0 Å². The van der Waals surface area contributed by atoms with Gasteiger partial charge in [-0.3, -0.25) is 0 Å². The van der Waals surface area contributed by atoms with Crippen molar-refractivity contribution in [1.29, 1.82) is 0 Å². The molecule has 0 heterocycles. The van der Waals surface area contributed by atoms with Crippen molar-refractivity contribution in [3.63, 3.8) is 0 Å². The van der Waals surface area contributed by atoms with E-state index in [9.17, 15) is 5.11 Å². The summed E-state index contributed by atoms with van der Waals surface area (Å²) in [4.78, 5) is 0. The highest BCUT2D eigenvalue weighted by molar-refractivity contribution is 5.55.